The maximum absolute atomic E-state index is 5.83. The van der Waals surface area contributed by atoms with Crippen LogP contribution in [-0.2, 0) is 0 Å². The average molecular weight is 211 g/mol. The lowest BCUT2D eigenvalue weighted by molar-refractivity contribution is 0.411. The third-order valence-corrected chi connectivity index (χ3v) is 1.99. The molecule has 2 aromatic heterocycles. The van der Waals surface area contributed by atoms with Crippen LogP contribution in [0.1, 0.15) is 0 Å². The van der Waals surface area contributed by atoms with Crippen LogP contribution >= 0.6 is 11.6 Å². The Kier molecular flexibility index (Phi) is 2.37. The fraction of sp³-hybridized carbons (Fsp3) is 0.111. The van der Waals surface area contributed by atoms with Gasteiger partial charge in [-0.15, -0.1) is 0 Å². The monoisotopic (exact) mass is 210 g/mol. The summed E-state index contributed by atoms with van der Waals surface area (Å²) in [4.78, 5) is 7.85. The number of nitrogens with zero attached hydrogens (tertiary/aromatic N) is 2. The first-order valence-electron chi connectivity index (χ1n) is 3.91. The van der Waals surface area contributed by atoms with Gasteiger partial charge in [0.05, 0.1) is 13.4 Å². The number of methoxy groups -OCH3 is 1. The van der Waals surface area contributed by atoms with E-state index in [2.05, 4.69) is 9.97 Å². The zero-order valence-corrected chi connectivity index (χ0v) is 8.15. The highest BCUT2D eigenvalue weighted by Gasteiger charge is 2.13. The molecule has 0 saturated heterocycles. The Balaban J connectivity index is 2.58. The standard InChI is InChI=1S/C9H7ClN2O2/c1-13-8-7(6-3-2-4-14-6)11-5-12-9(8)10/h2-5H,1H3. The van der Waals surface area contributed by atoms with E-state index < -0.39 is 0 Å². The molecule has 0 fully saturated rings. The molecule has 0 aromatic carbocycles. The molecule has 0 aliphatic carbocycles. The largest absolute Gasteiger partial charge is 0.491 e. The Morgan fingerprint density at radius 1 is 1.43 bits per heavy atom. The molecule has 2 aromatic rings. The first-order chi connectivity index (χ1) is 6.83. The second kappa shape index (κ2) is 3.67. The summed E-state index contributed by atoms with van der Waals surface area (Å²) in [6.07, 6.45) is 2.92. The predicted octanol–water partition coefficient (Wildman–Crippen LogP) is 2.40. The Labute approximate surface area is 85.5 Å². The van der Waals surface area contributed by atoms with Crippen LogP contribution in [0.5, 0.6) is 5.75 Å². The van der Waals surface area contributed by atoms with Crippen molar-refractivity contribution in [2.45, 2.75) is 0 Å². The predicted molar refractivity (Wildman–Crippen MR) is 51.3 cm³/mol. The van der Waals surface area contributed by atoms with Crippen molar-refractivity contribution in [3.05, 3.63) is 29.9 Å². The topological polar surface area (TPSA) is 48.2 Å². The third kappa shape index (κ3) is 1.44. The molecule has 2 heterocycles. The minimum Gasteiger partial charge on any atom is -0.491 e. The van der Waals surface area contributed by atoms with E-state index in [9.17, 15) is 0 Å². The van der Waals surface area contributed by atoms with Crippen molar-refractivity contribution in [2.24, 2.45) is 0 Å². The fourth-order valence-electron chi connectivity index (χ4n) is 1.12. The van der Waals surface area contributed by atoms with Gasteiger partial charge in [0, 0.05) is 0 Å². The van der Waals surface area contributed by atoms with E-state index in [4.69, 9.17) is 20.8 Å². The van der Waals surface area contributed by atoms with E-state index in [0.717, 1.165) is 0 Å². The molecular formula is C9H7ClN2O2. The van der Waals surface area contributed by atoms with E-state index in [1.165, 1.54) is 13.4 Å². The van der Waals surface area contributed by atoms with Crippen LogP contribution < -0.4 is 4.74 Å². The van der Waals surface area contributed by atoms with Crippen LogP contribution in [0.2, 0.25) is 5.15 Å². The van der Waals surface area contributed by atoms with Gasteiger partial charge in [-0.3, -0.25) is 0 Å². The van der Waals surface area contributed by atoms with Gasteiger partial charge in [-0.25, -0.2) is 9.97 Å². The zero-order valence-electron chi connectivity index (χ0n) is 7.40. The lowest BCUT2D eigenvalue weighted by Crippen LogP contribution is -1.93. The van der Waals surface area contributed by atoms with Crippen molar-refractivity contribution in [1.29, 1.82) is 0 Å². The molecule has 14 heavy (non-hydrogen) atoms. The molecule has 0 spiro atoms. The molecule has 0 radical (unpaired) electrons. The molecule has 0 N–H and O–H groups in total. The molecule has 0 amide bonds. The van der Waals surface area contributed by atoms with E-state index in [1.807, 2.05) is 0 Å². The molecule has 5 heteroatoms. The summed E-state index contributed by atoms with van der Waals surface area (Å²) in [6, 6.07) is 3.55. The number of halogens is 1. The van der Waals surface area contributed by atoms with Crippen LogP contribution in [0.15, 0.2) is 29.1 Å². The van der Waals surface area contributed by atoms with Gasteiger partial charge in [0.15, 0.2) is 22.4 Å². The minimum atomic E-state index is 0.272. The number of hydrogen-bond donors (Lipinski definition) is 0. The SMILES string of the molecule is COc1c(Cl)ncnc1-c1ccco1. The van der Waals surface area contributed by atoms with Crippen molar-refractivity contribution in [1.82, 2.24) is 9.97 Å². The number of ether oxygens (including phenoxy) is 1. The van der Waals surface area contributed by atoms with E-state index in [0.29, 0.717) is 17.2 Å². The summed E-state index contributed by atoms with van der Waals surface area (Å²) < 4.78 is 10.3. The second-order valence-electron chi connectivity index (χ2n) is 2.52. The number of aromatic nitrogens is 2. The van der Waals surface area contributed by atoms with Crippen LogP contribution in [0.4, 0.5) is 0 Å². The summed E-state index contributed by atoms with van der Waals surface area (Å²) in [7, 11) is 1.51. The highest BCUT2D eigenvalue weighted by Crippen LogP contribution is 2.32. The normalized spacial score (nSPS) is 10.1. The maximum Gasteiger partial charge on any atom is 0.185 e. The molecule has 0 bridgehead atoms. The van der Waals surface area contributed by atoms with Crippen LogP contribution in [0, 0.1) is 0 Å². The molecule has 0 unspecified atom stereocenters. The Morgan fingerprint density at radius 2 is 2.29 bits per heavy atom. The minimum absolute atomic E-state index is 0.272. The van der Waals surface area contributed by atoms with Gasteiger partial charge in [0.1, 0.15) is 6.33 Å². The Bertz CT molecular complexity index is 428. The number of furan rings is 1. The maximum atomic E-state index is 5.83. The molecule has 0 atom stereocenters. The van der Waals surface area contributed by atoms with Gasteiger partial charge in [-0.2, -0.15) is 0 Å². The molecule has 2 rings (SSSR count). The smallest absolute Gasteiger partial charge is 0.185 e. The summed E-state index contributed by atoms with van der Waals surface area (Å²) in [6.45, 7) is 0. The van der Waals surface area contributed by atoms with E-state index in [-0.39, 0.29) is 5.15 Å². The Hall–Kier alpha value is -1.55. The van der Waals surface area contributed by atoms with Crippen molar-refractivity contribution in [3.8, 4) is 17.2 Å². The lowest BCUT2D eigenvalue weighted by Gasteiger charge is -2.05. The van der Waals surface area contributed by atoms with Crippen molar-refractivity contribution in [3.63, 3.8) is 0 Å². The van der Waals surface area contributed by atoms with E-state index in [1.54, 1.807) is 18.4 Å². The highest BCUT2D eigenvalue weighted by atomic mass is 35.5. The van der Waals surface area contributed by atoms with Crippen molar-refractivity contribution < 1.29 is 9.15 Å². The van der Waals surface area contributed by atoms with E-state index >= 15 is 0 Å². The summed E-state index contributed by atoms with van der Waals surface area (Å²) in [5, 5.41) is 0.272. The van der Waals surface area contributed by atoms with Gasteiger partial charge < -0.3 is 9.15 Å². The summed E-state index contributed by atoms with van der Waals surface area (Å²) >= 11 is 5.83. The lowest BCUT2D eigenvalue weighted by atomic mass is 10.3. The van der Waals surface area contributed by atoms with Gasteiger partial charge in [-0.1, -0.05) is 11.6 Å². The van der Waals surface area contributed by atoms with Gasteiger partial charge >= 0.3 is 0 Å². The quantitative estimate of drug-likeness (QED) is 0.715. The fourth-order valence-corrected chi connectivity index (χ4v) is 1.33. The third-order valence-electron chi connectivity index (χ3n) is 1.72. The summed E-state index contributed by atoms with van der Waals surface area (Å²) in [5.41, 5.74) is 0.553. The van der Waals surface area contributed by atoms with Gasteiger partial charge in [-0.05, 0) is 12.1 Å². The first-order valence-corrected chi connectivity index (χ1v) is 4.29. The average Bonchev–Trinajstić information content (AvgIpc) is 2.70. The van der Waals surface area contributed by atoms with Gasteiger partial charge in [0.25, 0.3) is 0 Å². The molecule has 0 aliphatic heterocycles. The molecule has 72 valence electrons. The zero-order chi connectivity index (χ0) is 9.97. The van der Waals surface area contributed by atoms with Crippen molar-refractivity contribution in [2.75, 3.05) is 7.11 Å². The number of rotatable bonds is 2. The Morgan fingerprint density at radius 3 is 2.93 bits per heavy atom. The highest BCUT2D eigenvalue weighted by molar-refractivity contribution is 6.31. The second-order valence-corrected chi connectivity index (χ2v) is 2.88. The van der Waals surface area contributed by atoms with Crippen LogP contribution in [0.3, 0.4) is 0 Å². The molecule has 4 nitrogen and oxygen atoms in total. The molecule has 0 saturated carbocycles. The molecular weight excluding hydrogens is 204 g/mol. The number of hydrogen-bond acceptors (Lipinski definition) is 4. The first kappa shape index (κ1) is 9.02. The van der Waals surface area contributed by atoms with Crippen LogP contribution in [-0.4, -0.2) is 17.1 Å². The van der Waals surface area contributed by atoms with Crippen molar-refractivity contribution >= 4 is 11.6 Å². The van der Waals surface area contributed by atoms with Gasteiger partial charge in [0.2, 0.25) is 0 Å². The van der Waals surface area contributed by atoms with Crippen LogP contribution in [0.25, 0.3) is 11.5 Å². The molecule has 0 aliphatic rings. The summed E-state index contributed by atoms with van der Waals surface area (Å²) in [5.74, 6) is 1.02.